The van der Waals surface area contributed by atoms with Crippen molar-refractivity contribution in [3.05, 3.63) is 33.9 Å². The van der Waals surface area contributed by atoms with Gasteiger partial charge in [0.15, 0.2) is 5.78 Å². The van der Waals surface area contributed by atoms with Gasteiger partial charge >= 0.3 is 0 Å². The molecule has 19 heavy (non-hydrogen) atoms. The number of nitro benzene ring substituents is 1. The lowest BCUT2D eigenvalue weighted by Gasteiger charge is -2.26. The molecule has 5 nitrogen and oxygen atoms in total. The molecule has 5 heteroatoms. The summed E-state index contributed by atoms with van der Waals surface area (Å²) >= 11 is 0. The van der Waals surface area contributed by atoms with Gasteiger partial charge in [-0.3, -0.25) is 14.9 Å². The van der Waals surface area contributed by atoms with Gasteiger partial charge in [-0.15, -0.1) is 0 Å². The summed E-state index contributed by atoms with van der Waals surface area (Å²) in [4.78, 5) is 24.1. The Morgan fingerprint density at radius 1 is 1.42 bits per heavy atom. The van der Waals surface area contributed by atoms with Crippen molar-refractivity contribution in [1.82, 2.24) is 0 Å². The van der Waals surface area contributed by atoms with Crippen LogP contribution in [0.3, 0.4) is 0 Å². The Kier molecular flexibility index (Phi) is 5.03. The minimum atomic E-state index is -0.477. The van der Waals surface area contributed by atoms with E-state index >= 15 is 0 Å². The number of rotatable bonds is 6. The number of carbonyl (C=O) groups is 1. The molecule has 1 rings (SSSR count). The highest BCUT2D eigenvalue weighted by molar-refractivity contribution is 6.00. The number of ketones is 1. The van der Waals surface area contributed by atoms with E-state index < -0.39 is 4.92 Å². The van der Waals surface area contributed by atoms with Crippen molar-refractivity contribution in [3.63, 3.8) is 0 Å². The lowest BCUT2D eigenvalue weighted by atomic mass is 10.1. The van der Waals surface area contributed by atoms with Crippen LogP contribution in [0.1, 0.15) is 38.1 Å². The Hall–Kier alpha value is -1.91. The first kappa shape index (κ1) is 15.1. The fraction of sp³-hybridized carbons (Fsp3) is 0.500. The van der Waals surface area contributed by atoms with Gasteiger partial charge in [0, 0.05) is 36.5 Å². The van der Waals surface area contributed by atoms with Crippen LogP contribution >= 0.6 is 0 Å². The standard InChI is InChI=1S/C14H20N2O3/c1-5-15(9-10(2)3)14-7-6-12(16(18)19)8-13(14)11(4)17/h6-8,10H,5,9H2,1-4H3. The summed E-state index contributed by atoms with van der Waals surface area (Å²) in [5.74, 6) is 0.302. The summed E-state index contributed by atoms with van der Waals surface area (Å²) in [6.07, 6.45) is 0. The minimum Gasteiger partial charge on any atom is -0.371 e. The largest absolute Gasteiger partial charge is 0.371 e. The van der Waals surface area contributed by atoms with Crippen LogP contribution in [-0.2, 0) is 0 Å². The Morgan fingerprint density at radius 3 is 2.47 bits per heavy atom. The molecule has 1 aromatic rings. The van der Waals surface area contributed by atoms with Crippen molar-refractivity contribution in [2.75, 3.05) is 18.0 Å². The third-order valence-electron chi connectivity index (χ3n) is 2.88. The van der Waals surface area contributed by atoms with E-state index in [2.05, 4.69) is 18.7 Å². The Balaban J connectivity index is 3.25. The van der Waals surface area contributed by atoms with E-state index in [-0.39, 0.29) is 11.5 Å². The fourth-order valence-corrected chi connectivity index (χ4v) is 2.03. The number of hydrogen-bond acceptors (Lipinski definition) is 4. The minimum absolute atomic E-state index is 0.0467. The SMILES string of the molecule is CCN(CC(C)C)c1ccc([N+](=O)[O-])cc1C(C)=O. The number of Topliss-reactive ketones (excluding diaryl/α,β-unsaturated/α-hetero) is 1. The molecule has 0 fully saturated rings. The third-order valence-corrected chi connectivity index (χ3v) is 2.88. The van der Waals surface area contributed by atoms with Gasteiger partial charge in [0.2, 0.25) is 0 Å². The highest BCUT2D eigenvalue weighted by Crippen LogP contribution is 2.26. The molecule has 104 valence electrons. The second-order valence-electron chi connectivity index (χ2n) is 4.95. The quantitative estimate of drug-likeness (QED) is 0.449. The number of hydrogen-bond donors (Lipinski definition) is 0. The molecule has 0 aliphatic rings. The first-order valence-electron chi connectivity index (χ1n) is 6.41. The van der Waals surface area contributed by atoms with E-state index in [0.717, 1.165) is 18.8 Å². The molecule has 0 heterocycles. The zero-order valence-electron chi connectivity index (χ0n) is 11.8. The number of benzene rings is 1. The van der Waals surface area contributed by atoms with Gasteiger partial charge < -0.3 is 4.90 Å². The zero-order valence-corrected chi connectivity index (χ0v) is 11.8. The molecule has 0 aromatic heterocycles. The van der Waals surface area contributed by atoms with E-state index in [1.807, 2.05) is 6.92 Å². The second-order valence-corrected chi connectivity index (χ2v) is 4.95. The molecule has 0 aliphatic heterocycles. The summed E-state index contributed by atoms with van der Waals surface area (Å²) < 4.78 is 0. The number of anilines is 1. The van der Waals surface area contributed by atoms with Gasteiger partial charge in [-0.25, -0.2) is 0 Å². The summed E-state index contributed by atoms with van der Waals surface area (Å²) in [6, 6.07) is 4.48. The normalized spacial score (nSPS) is 10.6. The number of nitro groups is 1. The van der Waals surface area contributed by atoms with Crippen molar-refractivity contribution in [3.8, 4) is 0 Å². The van der Waals surface area contributed by atoms with Crippen LogP contribution < -0.4 is 4.90 Å². The zero-order chi connectivity index (χ0) is 14.6. The molecule has 0 unspecified atom stereocenters. The molecule has 0 amide bonds. The summed E-state index contributed by atoms with van der Waals surface area (Å²) in [5, 5.41) is 10.8. The summed E-state index contributed by atoms with van der Waals surface area (Å²) in [7, 11) is 0. The van der Waals surface area contributed by atoms with Crippen molar-refractivity contribution < 1.29 is 9.72 Å². The molecule has 0 saturated carbocycles. The van der Waals surface area contributed by atoms with Gasteiger partial charge in [-0.05, 0) is 25.8 Å². The molecule has 0 saturated heterocycles. The van der Waals surface area contributed by atoms with Crippen molar-refractivity contribution in [1.29, 1.82) is 0 Å². The highest BCUT2D eigenvalue weighted by atomic mass is 16.6. The van der Waals surface area contributed by atoms with Crippen LogP contribution in [0.4, 0.5) is 11.4 Å². The topological polar surface area (TPSA) is 63.4 Å². The first-order chi connectivity index (χ1) is 8.86. The van der Waals surface area contributed by atoms with Gasteiger partial charge in [0.05, 0.1) is 4.92 Å². The molecular weight excluding hydrogens is 244 g/mol. The molecule has 1 aromatic carbocycles. The van der Waals surface area contributed by atoms with E-state index in [1.165, 1.54) is 19.1 Å². The molecule has 0 bridgehead atoms. The average molecular weight is 264 g/mol. The van der Waals surface area contributed by atoms with E-state index in [0.29, 0.717) is 11.5 Å². The lowest BCUT2D eigenvalue weighted by molar-refractivity contribution is -0.384. The van der Waals surface area contributed by atoms with Crippen LogP contribution in [0.15, 0.2) is 18.2 Å². The lowest BCUT2D eigenvalue weighted by Crippen LogP contribution is -2.28. The van der Waals surface area contributed by atoms with Gasteiger partial charge in [-0.2, -0.15) is 0 Å². The van der Waals surface area contributed by atoms with Crippen LogP contribution in [0.5, 0.6) is 0 Å². The van der Waals surface area contributed by atoms with E-state index in [9.17, 15) is 14.9 Å². The maximum absolute atomic E-state index is 11.7. The average Bonchev–Trinajstić information content (AvgIpc) is 2.34. The summed E-state index contributed by atoms with van der Waals surface area (Å²) in [5.41, 5.74) is 1.14. The molecule has 0 N–H and O–H groups in total. The van der Waals surface area contributed by atoms with E-state index in [4.69, 9.17) is 0 Å². The number of carbonyl (C=O) groups excluding carboxylic acids is 1. The third kappa shape index (κ3) is 3.77. The monoisotopic (exact) mass is 264 g/mol. The van der Waals surface area contributed by atoms with E-state index in [1.54, 1.807) is 6.07 Å². The van der Waals surface area contributed by atoms with Crippen molar-refractivity contribution in [2.45, 2.75) is 27.7 Å². The first-order valence-corrected chi connectivity index (χ1v) is 6.41. The van der Waals surface area contributed by atoms with Crippen LogP contribution in [0, 0.1) is 16.0 Å². The predicted molar refractivity (Wildman–Crippen MR) is 75.8 cm³/mol. The molecule has 0 aliphatic carbocycles. The van der Waals surface area contributed by atoms with Gasteiger partial charge in [0.25, 0.3) is 5.69 Å². The smallest absolute Gasteiger partial charge is 0.270 e. The summed E-state index contributed by atoms with van der Waals surface area (Å²) in [6.45, 7) is 9.22. The van der Waals surface area contributed by atoms with Crippen molar-refractivity contribution in [2.24, 2.45) is 5.92 Å². The molecule has 0 radical (unpaired) electrons. The van der Waals surface area contributed by atoms with Crippen LogP contribution in [0.25, 0.3) is 0 Å². The fourth-order valence-electron chi connectivity index (χ4n) is 2.03. The highest BCUT2D eigenvalue weighted by Gasteiger charge is 2.18. The Labute approximate surface area is 113 Å². The predicted octanol–water partition coefficient (Wildman–Crippen LogP) is 3.28. The van der Waals surface area contributed by atoms with Gasteiger partial charge in [0.1, 0.15) is 0 Å². The number of non-ortho nitro benzene ring substituents is 1. The van der Waals surface area contributed by atoms with Gasteiger partial charge in [-0.1, -0.05) is 13.8 Å². The van der Waals surface area contributed by atoms with Crippen LogP contribution in [0.2, 0.25) is 0 Å². The maximum atomic E-state index is 11.7. The number of nitrogens with zero attached hydrogens (tertiary/aromatic N) is 2. The maximum Gasteiger partial charge on any atom is 0.270 e. The Bertz CT molecular complexity index is 484. The molecule has 0 spiro atoms. The molecule has 0 atom stereocenters. The van der Waals surface area contributed by atoms with Crippen LogP contribution in [-0.4, -0.2) is 23.8 Å². The molecular formula is C14H20N2O3. The van der Waals surface area contributed by atoms with Crippen molar-refractivity contribution >= 4 is 17.2 Å². The Morgan fingerprint density at radius 2 is 2.05 bits per heavy atom. The second kappa shape index (κ2) is 6.31.